The van der Waals surface area contributed by atoms with Crippen molar-refractivity contribution < 1.29 is 4.42 Å². The molecule has 0 N–H and O–H groups in total. The van der Waals surface area contributed by atoms with E-state index in [1.807, 2.05) is 42.5 Å². The lowest BCUT2D eigenvalue weighted by Crippen LogP contribution is -1.98. The first-order chi connectivity index (χ1) is 19.3. The minimum absolute atomic E-state index is 0.658. The molecule has 7 aromatic rings. The Labute approximate surface area is 227 Å². The molecule has 0 amide bonds. The van der Waals surface area contributed by atoms with E-state index >= 15 is 0 Å². The second-order valence-corrected chi connectivity index (χ2v) is 9.43. The molecule has 0 saturated heterocycles. The molecule has 0 aliphatic carbocycles. The number of rotatable bonds is 5. The molecule has 0 aliphatic rings. The number of hydrogen-bond acceptors (Lipinski definition) is 3. The molecule has 5 aromatic carbocycles. The number of aromatic nitrogens is 2. The van der Waals surface area contributed by atoms with E-state index in [9.17, 15) is 0 Å². The van der Waals surface area contributed by atoms with Crippen LogP contribution in [0, 0.1) is 0 Å². The quantitative estimate of drug-likeness (QED) is 0.236. The van der Waals surface area contributed by atoms with Gasteiger partial charge in [-0.3, -0.25) is 0 Å². The number of benzene rings is 5. The van der Waals surface area contributed by atoms with Crippen molar-refractivity contribution in [2.24, 2.45) is 0 Å². The van der Waals surface area contributed by atoms with Gasteiger partial charge in [-0.05, 0) is 40.5 Å². The zero-order valence-corrected chi connectivity index (χ0v) is 21.2. The molecule has 39 heavy (non-hydrogen) atoms. The first-order valence-corrected chi connectivity index (χ1v) is 13.0. The molecule has 0 saturated carbocycles. The van der Waals surface area contributed by atoms with Crippen LogP contribution in [-0.2, 0) is 0 Å². The topological polar surface area (TPSA) is 38.9 Å². The fourth-order valence-corrected chi connectivity index (χ4v) is 5.06. The van der Waals surface area contributed by atoms with E-state index in [-0.39, 0.29) is 0 Å². The van der Waals surface area contributed by atoms with E-state index in [1.165, 1.54) is 0 Å². The number of hydrogen-bond donors (Lipinski definition) is 0. The average Bonchev–Trinajstić information content (AvgIpc) is 3.46. The molecule has 3 heteroatoms. The molecule has 0 spiro atoms. The van der Waals surface area contributed by atoms with Gasteiger partial charge in [0, 0.05) is 16.5 Å². The minimum Gasteiger partial charge on any atom is -0.454 e. The summed E-state index contributed by atoms with van der Waals surface area (Å²) in [5, 5.41) is 1.04. The maximum absolute atomic E-state index is 6.28. The van der Waals surface area contributed by atoms with Gasteiger partial charge in [0.15, 0.2) is 11.6 Å². The Kier molecular flexibility index (Phi) is 5.80. The van der Waals surface area contributed by atoms with Crippen LogP contribution in [0.2, 0.25) is 0 Å². The molecule has 2 heterocycles. The van der Waals surface area contributed by atoms with Crippen molar-refractivity contribution >= 4 is 11.0 Å². The molecule has 0 radical (unpaired) electrons. The standard InChI is InChI=1S/C36H24N2O/c1-3-13-25(14-4-1)28-18-8-10-20-30(28)32-24-33(35-23-27-17-7-12-22-34(27)39-35)38-36(37-32)31-21-11-9-19-29(31)26-15-5-2-6-16-26/h1-24H. The molecule has 0 atom stereocenters. The summed E-state index contributed by atoms with van der Waals surface area (Å²) in [6.07, 6.45) is 0. The zero-order chi connectivity index (χ0) is 26.0. The molecule has 3 nitrogen and oxygen atoms in total. The summed E-state index contributed by atoms with van der Waals surface area (Å²) < 4.78 is 6.28. The summed E-state index contributed by atoms with van der Waals surface area (Å²) in [7, 11) is 0. The molecule has 0 bridgehead atoms. The van der Waals surface area contributed by atoms with E-state index in [4.69, 9.17) is 14.4 Å². The third-order valence-electron chi connectivity index (χ3n) is 6.94. The van der Waals surface area contributed by atoms with Crippen molar-refractivity contribution in [1.29, 1.82) is 0 Å². The Morgan fingerprint density at radius 2 is 0.923 bits per heavy atom. The van der Waals surface area contributed by atoms with Crippen LogP contribution in [0.15, 0.2) is 150 Å². The minimum atomic E-state index is 0.658. The molecule has 7 rings (SSSR count). The van der Waals surface area contributed by atoms with Crippen molar-refractivity contribution in [2.45, 2.75) is 0 Å². The molecule has 184 valence electrons. The van der Waals surface area contributed by atoms with Gasteiger partial charge in [0.05, 0.1) is 5.69 Å². The summed E-state index contributed by atoms with van der Waals surface area (Å²) in [5.74, 6) is 1.38. The van der Waals surface area contributed by atoms with E-state index in [1.54, 1.807) is 0 Å². The van der Waals surface area contributed by atoms with Gasteiger partial charge in [0.1, 0.15) is 11.3 Å². The predicted octanol–water partition coefficient (Wildman–Crippen LogP) is 9.56. The summed E-state index contributed by atoms with van der Waals surface area (Å²) in [5.41, 5.74) is 8.91. The number of fused-ring (bicyclic) bond motifs is 1. The van der Waals surface area contributed by atoms with Crippen LogP contribution in [-0.4, -0.2) is 9.97 Å². The lowest BCUT2D eigenvalue weighted by Gasteiger charge is -2.14. The van der Waals surface area contributed by atoms with Gasteiger partial charge in [-0.25, -0.2) is 9.97 Å². The Morgan fingerprint density at radius 3 is 1.59 bits per heavy atom. The lowest BCUT2D eigenvalue weighted by molar-refractivity contribution is 0.628. The van der Waals surface area contributed by atoms with Gasteiger partial charge in [0.2, 0.25) is 0 Å². The second kappa shape index (κ2) is 9.88. The van der Waals surface area contributed by atoms with Crippen molar-refractivity contribution in [1.82, 2.24) is 9.97 Å². The zero-order valence-electron chi connectivity index (χ0n) is 21.2. The maximum atomic E-state index is 6.28. The third-order valence-corrected chi connectivity index (χ3v) is 6.94. The van der Waals surface area contributed by atoms with Crippen molar-refractivity contribution in [3.05, 3.63) is 146 Å². The summed E-state index contributed by atoms with van der Waals surface area (Å²) in [6.45, 7) is 0. The number of nitrogens with zero attached hydrogens (tertiary/aromatic N) is 2. The highest BCUT2D eigenvalue weighted by Gasteiger charge is 2.18. The fourth-order valence-electron chi connectivity index (χ4n) is 5.06. The summed E-state index contributed by atoms with van der Waals surface area (Å²) >= 11 is 0. The summed E-state index contributed by atoms with van der Waals surface area (Å²) in [6, 6.07) is 49.6. The molecule has 2 aromatic heterocycles. The van der Waals surface area contributed by atoms with Gasteiger partial charge in [-0.1, -0.05) is 127 Å². The van der Waals surface area contributed by atoms with E-state index in [2.05, 4.69) is 103 Å². The highest BCUT2D eigenvalue weighted by molar-refractivity contribution is 5.87. The van der Waals surface area contributed by atoms with Crippen molar-refractivity contribution in [3.8, 4) is 56.4 Å². The number of furan rings is 1. The van der Waals surface area contributed by atoms with Crippen LogP contribution in [0.3, 0.4) is 0 Å². The van der Waals surface area contributed by atoms with Crippen molar-refractivity contribution in [3.63, 3.8) is 0 Å². The van der Waals surface area contributed by atoms with Gasteiger partial charge in [-0.15, -0.1) is 0 Å². The first-order valence-electron chi connectivity index (χ1n) is 13.0. The van der Waals surface area contributed by atoms with Gasteiger partial charge in [-0.2, -0.15) is 0 Å². The smallest absolute Gasteiger partial charge is 0.161 e. The Bertz CT molecular complexity index is 1770. The van der Waals surface area contributed by atoms with E-state index in [0.717, 1.165) is 61.5 Å². The normalized spacial score (nSPS) is 11.1. The SMILES string of the molecule is c1ccc(-c2ccccc2-c2cc(-c3cc4ccccc4o3)nc(-c3ccccc3-c3ccccc3)n2)cc1. The second-order valence-electron chi connectivity index (χ2n) is 9.43. The molecule has 0 fully saturated rings. The van der Waals surface area contributed by atoms with E-state index < -0.39 is 0 Å². The Morgan fingerprint density at radius 1 is 0.410 bits per heavy atom. The van der Waals surface area contributed by atoms with Gasteiger partial charge in [0.25, 0.3) is 0 Å². The first kappa shape index (κ1) is 22.9. The van der Waals surface area contributed by atoms with E-state index in [0.29, 0.717) is 5.82 Å². The Balaban J connectivity index is 1.48. The van der Waals surface area contributed by atoms with Crippen LogP contribution in [0.25, 0.3) is 67.3 Å². The highest BCUT2D eigenvalue weighted by Crippen LogP contribution is 2.37. The monoisotopic (exact) mass is 500 g/mol. The largest absolute Gasteiger partial charge is 0.454 e. The maximum Gasteiger partial charge on any atom is 0.161 e. The highest BCUT2D eigenvalue weighted by atomic mass is 16.3. The lowest BCUT2D eigenvalue weighted by atomic mass is 9.96. The van der Waals surface area contributed by atoms with Crippen molar-refractivity contribution in [2.75, 3.05) is 0 Å². The summed E-state index contributed by atoms with van der Waals surface area (Å²) in [4.78, 5) is 10.3. The molecule has 0 aliphatic heterocycles. The molecule has 0 unspecified atom stereocenters. The van der Waals surface area contributed by atoms with Crippen LogP contribution >= 0.6 is 0 Å². The Hall–Kier alpha value is -5.28. The molecular formula is C36H24N2O. The fraction of sp³-hybridized carbons (Fsp3) is 0. The van der Waals surface area contributed by atoms with Crippen LogP contribution < -0.4 is 0 Å². The molecular weight excluding hydrogens is 476 g/mol. The van der Waals surface area contributed by atoms with Gasteiger partial charge < -0.3 is 4.42 Å². The third kappa shape index (κ3) is 4.41. The average molecular weight is 501 g/mol. The van der Waals surface area contributed by atoms with Gasteiger partial charge >= 0.3 is 0 Å². The van der Waals surface area contributed by atoms with Crippen LogP contribution in [0.4, 0.5) is 0 Å². The van der Waals surface area contributed by atoms with Crippen LogP contribution in [0.1, 0.15) is 0 Å². The number of para-hydroxylation sites is 1. The van der Waals surface area contributed by atoms with Crippen LogP contribution in [0.5, 0.6) is 0 Å². The predicted molar refractivity (Wildman–Crippen MR) is 159 cm³/mol.